The highest BCUT2D eigenvalue weighted by molar-refractivity contribution is 5.68. The van der Waals surface area contributed by atoms with Crippen molar-refractivity contribution in [3.8, 4) is 6.07 Å². The average molecular weight is 249 g/mol. The van der Waals surface area contributed by atoms with Crippen molar-refractivity contribution in [2.45, 2.75) is 6.42 Å². The molecule has 0 atom stereocenters. The Hall–Kier alpha value is -1.77. The number of nitriles is 1. The lowest BCUT2D eigenvalue weighted by Gasteiger charge is -2.09. The fourth-order valence-electron chi connectivity index (χ4n) is 1.42. The number of methoxy groups -OCH3 is 1. The molecule has 0 spiro atoms. The molecular formula is C13H19N3O2. The normalized spacial score (nSPS) is 10.0. The van der Waals surface area contributed by atoms with Gasteiger partial charge >= 0.3 is 0 Å². The van der Waals surface area contributed by atoms with E-state index in [4.69, 9.17) is 20.5 Å². The highest BCUT2D eigenvalue weighted by Gasteiger charge is 2.00. The summed E-state index contributed by atoms with van der Waals surface area (Å²) < 4.78 is 10.2. The van der Waals surface area contributed by atoms with Crippen molar-refractivity contribution in [3.05, 3.63) is 23.8 Å². The molecule has 98 valence electrons. The fraction of sp³-hybridized carbons (Fsp3) is 0.462. The molecule has 0 fully saturated rings. The maximum atomic E-state index is 8.79. The van der Waals surface area contributed by atoms with Crippen molar-refractivity contribution in [1.29, 1.82) is 5.26 Å². The van der Waals surface area contributed by atoms with E-state index in [1.165, 1.54) is 0 Å². The summed E-state index contributed by atoms with van der Waals surface area (Å²) in [6, 6.07) is 7.27. The van der Waals surface area contributed by atoms with E-state index in [9.17, 15) is 0 Å². The molecule has 1 rings (SSSR count). The first kappa shape index (κ1) is 14.3. The van der Waals surface area contributed by atoms with E-state index >= 15 is 0 Å². The number of anilines is 2. The van der Waals surface area contributed by atoms with Crippen LogP contribution in [0.15, 0.2) is 18.2 Å². The number of hydrogen-bond donors (Lipinski definition) is 2. The second kappa shape index (κ2) is 8.34. The molecule has 18 heavy (non-hydrogen) atoms. The summed E-state index contributed by atoms with van der Waals surface area (Å²) in [7, 11) is 1.65. The topological polar surface area (TPSA) is 80.3 Å². The standard InChI is InChI=1S/C13H19N3O2/c1-17-7-8-18-6-2-5-16-13-9-11(10-14)3-4-12(13)15/h3-4,9,16H,2,5-8,15H2,1H3. The molecule has 0 saturated carbocycles. The Kier molecular flexibility index (Phi) is 6.62. The lowest BCUT2D eigenvalue weighted by molar-refractivity contribution is 0.0705. The number of nitrogens with two attached hydrogens (primary N) is 1. The molecule has 0 aliphatic rings. The highest BCUT2D eigenvalue weighted by Crippen LogP contribution is 2.19. The van der Waals surface area contributed by atoms with Gasteiger partial charge in [-0.1, -0.05) is 0 Å². The lowest BCUT2D eigenvalue weighted by atomic mass is 10.2. The van der Waals surface area contributed by atoms with Crippen LogP contribution in [0, 0.1) is 11.3 Å². The van der Waals surface area contributed by atoms with Gasteiger partial charge < -0.3 is 20.5 Å². The smallest absolute Gasteiger partial charge is 0.0992 e. The summed E-state index contributed by atoms with van der Waals surface area (Å²) >= 11 is 0. The monoisotopic (exact) mass is 249 g/mol. The molecular weight excluding hydrogens is 230 g/mol. The van der Waals surface area contributed by atoms with Crippen LogP contribution in [-0.2, 0) is 9.47 Å². The number of nitrogens with one attached hydrogen (secondary N) is 1. The zero-order valence-electron chi connectivity index (χ0n) is 10.6. The van der Waals surface area contributed by atoms with Gasteiger partial charge in [0, 0.05) is 20.3 Å². The van der Waals surface area contributed by atoms with Crippen molar-refractivity contribution in [3.63, 3.8) is 0 Å². The molecule has 0 aliphatic heterocycles. The zero-order chi connectivity index (χ0) is 13.2. The second-order valence-corrected chi connectivity index (χ2v) is 3.80. The summed E-state index contributed by atoms with van der Waals surface area (Å²) in [5.74, 6) is 0. The van der Waals surface area contributed by atoms with E-state index in [0.717, 1.165) is 18.7 Å². The molecule has 0 bridgehead atoms. The summed E-state index contributed by atoms with van der Waals surface area (Å²) in [5.41, 5.74) is 7.85. The van der Waals surface area contributed by atoms with Gasteiger partial charge in [-0.2, -0.15) is 5.26 Å². The summed E-state index contributed by atoms with van der Waals surface area (Å²) in [6.07, 6.45) is 0.875. The lowest BCUT2D eigenvalue weighted by Crippen LogP contribution is -2.09. The van der Waals surface area contributed by atoms with Gasteiger partial charge in [0.1, 0.15) is 0 Å². The van der Waals surface area contributed by atoms with E-state index in [2.05, 4.69) is 11.4 Å². The Morgan fingerprint density at radius 3 is 2.89 bits per heavy atom. The zero-order valence-corrected chi connectivity index (χ0v) is 10.6. The minimum atomic E-state index is 0.600. The van der Waals surface area contributed by atoms with Gasteiger partial charge in [-0.05, 0) is 24.6 Å². The maximum absolute atomic E-state index is 8.79. The predicted molar refractivity (Wildman–Crippen MR) is 71.4 cm³/mol. The van der Waals surface area contributed by atoms with E-state index in [0.29, 0.717) is 31.1 Å². The van der Waals surface area contributed by atoms with Crippen LogP contribution in [0.5, 0.6) is 0 Å². The first-order valence-corrected chi connectivity index (χ1v) is 5.88. The van der Waals surface area contributed by atoms with E-state index in [1.807, 2.05) is 0 Å². The van der Waals surface area contributed by atoms with Crippen LogP contribution in [0.4, 0.5) is 11.4 Å². The first-order chi connectivity index (χ1) is 8.77. The van der Waals surface area contributed by atoms with E-state index < -0.39 is 0 Å². The Bertz CT molecular complexity index is 402. The minimum Gasteiger partial charge on any atom is -0.397 e. The molecule has 1 aromatic rings. The van der Waals surface area contributed by atoms with Gasteiger partial charge in [-0.25, -0.2) is 0 Å². The number of nitrogens with zero attached hydrogens (tertiary/aromatic N) is 1. The Morgan fingerprint density at radius 2 is 2.17 bits per heavy atom. The van der Waals surface area contributed by atoms with Gasteiger partial charge in [0.05, 0.1) is 36.2 Å². The van der Waals surface area contributed by atoms with E-state index in [-0.39, 0.29) is 0 Å². The third-order valence-electron chi connectivity index (χ3n) is 2.40. The first-order valence-electron chi connectivity index (χ1n) is 5.88. The van der Waals surface area contributed by atoms with Crippen LogP contribution in [0.3, 0.4) is 0 Å². The van der Waals surface area contributed by atoms with Gasteiger partial charge in [0.25, 0.3) is 0 Å². The van der Waals surface area contributed by atoms with Crippen molar-refractivity contribution < 1.29 is 9.47 Å². The van der Waals surface area contributed by atoms with Gasteiger partial charge in [0.2, 0.25) is 0 Å². The molecule has 1 aromatic carbocycles. The summed E-state index contributed by atoms with van der Waals surface area (Å²) in [4.78, 5) is 0. The molecule has 0 radical (unpaired) electrons. The summed E-state index contributed by atoms with van der Waals surface area (Å²) in [6.45, 7) is 2.66. The van der Waals surface area contributed by atoms with Crippen LogP contribution in [0.2, 0.25) is 0 Å². The number of hydrogen-bond acceptors (Lipinski definition) is 5. The fourth-order valence-corrected chi connectivity index (χ4v) is 1.42. The SMILES string of the molecule is COCCOCCCNc1cc(C#N)ccc1N. The van der Waals surface area contributed by atoms with Gasteiger partial charge in [-0.15, -0.1) is 0 Å². The van der Waals surface area contributed by atoms with Crippen molar-refractivity contribution in [1.82, 2.24) is 0 Å². The molecule has 0 unspecified atom stereocenters. The van der Waals surface area contributed by atoms with Crippen LogP contribution < -0.4 is 11.1 Å². The number of rotatable bonds is 8. The molecule has 3 N–H and O–H groups in total. The molecule has 5 nitrogen and oxygen atoms in total. The number of benzene rings is 1. The molecule has 0 heterocycles. The Balaban J connectivity index is 2.25. The molecule has 0 saturated heterocycles. The Labute approximate surface area is 107 Å². The summed E-state index contributed by atoms with van der Waals surface area (Å²) in [5, 5.41) is 12.0. The molecule has 5 heteroatoms. The average Bonchev–Trinajstić information content (AvgIpc) is 2.39. The molecule has 0 aromatic heterocycles. The largest absolute Gasteiger partial charge is 0.397 e. The van der Waals surface area contributed by atoms with Gasteiger partial charge in [-0.3, -0.25) is 0 Å². The second-order valence-electron chi connectivity index (χ2n) is 3.80. The van der Waals surface area contributed by atoms with Crippen LogP contribution >= 0.6 is 0 Å². The van der Waals surface area contributed by atoms with Crippen LogP contribution in [0.1, 0.15) is 12.0 Å². The van der Waals surface area contributed by atoms with Crippen molar-refractivity contribution >= 4 is 11.4 Å². The predicted octanol–water partition coefficient (Wildman–Crippen LogP) is 1.61. The third kappa shape index (κ3) is 5.04. The van der Waals surface area contributed by atoms with Crippen LogP contribution in [0.25, 0.3) is 0 Å². The third-order valence-corrected chi connectivity index (χ3v) is 2.40. The quantitative estimate of drug-likeness (QED) is 0.540. The minimum absolute atomic E-state index is 0.600. The van der Waals surface area contributed by atoms with Crippen LogP contribution in [-0.4, -0.2) is 33.5 Å². The van der Waals surface area contributed by atoms with E-state index in [1.54, 1.807) is 25.3 Å². The molecule has 0 amide bonds. The Morgan fingerprint density at radius 1 is 1.33 bits per heavy atom. The van der Waals surface area contributed by atoms with Gasteiger partial charge in [0.15, 0.2) is 0 Å². The van der Waals surface area contributed by atoms with Crippen molar-refractivity contribution in [2.75, 3.05) is 44.5 Å². The number of ether oxygens (including phenoxy) is 2. The number of nitrogen functional groups attached to an aromatic ring is 1. The van der Waals surface area contributed by atoms with Crippen molar-refractivity contribution in [2.24, 2.45) is 0 Å². The maximum Gasteiger partial charge on any atom is 0.0992 e. The highest BCUT2D eigenvalue weighted by atomic mass is 16.5. The molecule has 0 aliphatic carbocycles.